The van der Waals surface area contributed by atoms with Crippen LogP contribution in [0.5, 0.6) is 0 Å². The summed E-state index contributed by atoms with van der Waals surface area (Å²) in [4.78, 5) is 7.89. The molecule has 4 heteroatoms. The zero-order chi connectivity index (χ0) is 13.6. The molecule has 0 amide bonds. The van der Waals surface area contributed by atoms with Gasteiger partial charge in [-0.2, -0.15) is 0 Å². The topological polar surface area (TPSA) is 54.7 Å². The number of hydrogen-bond donors (Lipinski definition) is 2. The molecule has 1 aromatic heterocycles. The number of nitrogen functional groups attached to an aromatic ring is 1. The first-order chi connectivity index (χ1) is 9.06. The van der Waals surface area contributed by atoms with E-state index >= 15 is 0 Å². The highest BCUT2D eigenvalue weighted by Gasteiger charge is 2.11. The van der Waals surface area contributed by atoms with Crippen LogP contribution in [0.25, 0.3) is 22.4 Å². The van der Waals surface area contributed by atoms with Crippen molar-refractivity contribution in [2.75, 3.05) is 5.73 Å². The van der Waals surface area contributed by atoms with Crippen molar-refractivity contribution in [3.05, 3.63) is 46.5 Å². The number of aromatic nitrogens is 2. The van der Waals surface area contributed by atoms with Crippen molar-refractivity contribution in [1.29, 1.82) is 0 Å². The summed E-state index contributed by atoms with van der Waals surface area (Å²) in [7, 11) is 0. The fraction of sp³-hybridized carbons (Fsp3) is 0.133. The summed E-state index contributed by atoms with van der Waals surface area (Å²) in [6.45, 7) is 4.00. The molecule has 3 nitrogen and oxygen atoms in total. The Bertz CT molecular complexity index is 774. The predicted molar refractivity (Wildman–Crippen MR) is 80.4 cm³/mol. The molecule has 0 aliphatic heterocycles. The zero-order valence-corrected chi connectivity index (χ0v) is 11.5. The van der Waals surface area contributed by atoms with E-state index in [1.807, 2.05) is 44.2 Å². The first-order valence-electron chi connectivity index (χ1n) is 6.07. The van der Waals surface area contributed by atoms with Gasteiger partial charge in [-0.05, 0) is 43.2 Å². The fourth-order valence-corrected chi connectivity index (χ4v) is 2.56. The van der Waals surface area contributed by atoms with Crippen molar-refractivity contribution in [2.45, 2.75) is 13.8 Å². The van der Waals surface area contributed by atoms with E-state index in [2.05, 4.69) is 9.97 Å². The zero-order valence-electron chi connectivity index (χ0n) is 10.8. The first kappa shape index (κ1) is 12.1. The smallest absolute Gasteiger partial charge is 0.138 e. The van der Waals surface area contributed by atoms with Crippen LogP contribution in [-0.2, 0) is 0 Å². The number of benzene rings is 2. The number of nitrogens with zero attached hydrogens (tertiary/aromatic N) is 1. The Hall–Kier alpha value is -2.00. The number of fused-ring (bicyclic) bond motifs is 1. The number of anilines is 1. The molecule has 0 bridgehead atoms. The molecule has 3 rings (SSSR count). The van der Waals surface area contributed by atoms with Gasteiger partial charge in [0.05, 0.1) is 10.5 Å². The largest absolute Gasteiger partial charge is 0.398 e. The molecule has 0 aliphatic rings. The molecule has 0 saturated heterocycles. The molecule has 1 heterocycles. The number of aromatic amines is 1. The molecule has 19 heavy (non-hydrogen) atoms. The maximum absolute atomic E-state index is 6.23. The fourth-order valence-electron chi connectivity index (χ4n) is 2.25. The Balaban J connectivity index is 2.26. The van der Waals surface area contributed by atoms with Crippen molar-refractivity contribution >= 4 is 28.3 Å². The van der Waals surface area contributed by atoms with Crippen molar-refractivity contribution < 1.29 is 0 Å². The minimum absolute atomic E-state index is 0.666. The normalized spacial score (nSPS) is 11.1. The molecule has 3 aromatic rings. The van der Waals surface area contributed by atoms with Crippen LogP contribution >= 0.6 is 11.6 Å². The maximum atomic E-state index is 6.23. The van der Waals surface area contributed by atoms with Crippen LogP contribution in [0.2, 0.25) is 5.02 Å². The van der Waals surface area contributed by atoms with Gasteiger partial charge in [-0.3, -0.25) is 0 Å². The molecular formula is C15H14ClN3. The van der Waals surface area contributed by atoms with Crippen LogP contribution in [0, 0.1) is 13.8 Å². The Morgan fingerprint density at radius 1 is 1.21 bits per heavy atom. The Morgan fingerprint density at radius 3 is 2.79 bits per heavy atom. The standard InChI is InChI=1S/C15H14ClN3/c1-8-6-11(16)14-13(7-8)18-15(19-14)10-4-3-5-12(17)9(10)2/h3-7H,17H2,1-2H3,(H,18,19). The lowest BCUT2D eigenvalue weighted by Gasteiger charge is -2.04. The van der Waals surface area contributed by atoms with Gasteiger partial charge in [0.2, 0.25) is 0 Å². The lowest BCUT2D eigenvalue weighted by molar-refractivity contribution is 1.31. The number of halogens is 1. The van der Waals surface area contributed by atoms with Crippen LogP contribution < -0.4 is 5.73 Å². The maximum Gasteiger partial charge on any atom is 0.138 e. The number of hydrogen-bond acceptors (Lipinski definition) is 2. The van der Waals surface area contributed by atoms with Gasteiger partial charge < -0.3 is 10.7 Å². The molecule has 96 valence electrons. The third kappa shape index (κ3) is 1.96. The number of H-pyrrole nitrogens is 1. The minimum Gasteiger partial charge on any atom is -0.398 e. The lowest BCUT2D eigenvalue weighted by atomic mass is 10.1. The van der Waals surface area contributed by atoms with E-state index in [4.69, 9.17) is 17.3 Å². The highest BCUT2D eigenvalue weighted by molar-refractivity contribution is 6.35. The van der Waals surface area contributed by atoms with E-state index < -0.39 is 0 Å². The van der Waals surface area contributed by atoms with Crippen molar-refractivity contribution in [1.82, 2.24) is 9.97 Å². The van der Waals surface area contributed by atoms with Crippen molar-refractivity contribution in [3.8, 4) is 11.4 Å². The second-order valence-corrected chi connectivity index (χ2v) is 5.16. The average molecular weight is 272 g/mol. The summed E-state index contributed by atoms with van der Waals surface area (Å²) in [5, 5.41) is 0.666. The summed E-state index contributed by atoms with van der Waals surface area (Å²) in [6, 6.07) is 9.78. The Morgan fingerprint density at radius 2 is 2.00 bits per heavy atom. The third-order valence-electron chi connectivity index (χ3n) is 3.32. The van der Waals surface area contributed by atoms with Crippen LogP contribution in [0.3, 0.4) is 0 Å². The second kappa shape index (κ2) is 4.28. The Labute approximate surface area is 116 Å². The molecule has 0 saturated carbocycles. The van der Waals surface area contributed by atoms with Crippen LogP contribution in [-0.4, -0.2) is 9.97 Å². The molecule has 0 fully saturated rings. The van der Waals surface area contributed by atoms with Crippen molar-refractivity contribution in [3.63, 3.8) is 0 Å². The number of aryl methyl sites for hydroxylation is 1. The van der Waals surface area contributed by atoms with E-state index in [0.29, 0.717) is 5.02 Å². The highest BCUT2D eigenvalue weighted by Crippen LogP contribution is 2.30. The molecule has 0 spiro atoms. The van der Waals surface area contributed by atoms with E-state index in [1.165, 1.54) is 0 Å². The van der Waals surface area contributed by atoms with Gasteiger partial charge in [-0.25, -0.2) is 4.98 Å². The second-order valence-electron chi connectivity index (χ2n) is 4.75. The monoisotopic (exact) mass is 271 g/mol. The number of rotatable bonds is 1. The molecular weight excluding hydrogens is 258 g/mol. The molecule has 0 atom stereocenters. The predicted octanol–water partition coefficient (Wildman–Crippen LogP) is 4.08. The number of imidazole rings is 1. The lowest BCUT2D eigenvalue weighted by Crippen LogP contribution is -1.92. The summed E-state index contributed by atoms with van der Waals surface area (Å²) in [6.07, 6.45) is 0. The van der Waals surface area contributed by atoms with Crippen LogP contribution in [0.15, 0.2) is 30.3 Å². The quantitative estimate of drug-likeness (QED) is 0.655. The summed E-state index contributed by atoms with van der Waals surface area (Å²) in [5.74, 6) is 0.798. The molecule has 0 aliphatic carbocycles. The van der Waals surface area contributed by atoms with Gasteiger partial charge in [-0.15, -0.1) is 0 Å². The van der Waals surface area contributed by atoms with Gasteiger partial charge in [0.25, 0.3) is 0 Å². The van der Waals surface area contributed by atoms with E-state index in [-0.39, 0.29) is 0 Å². The number of nitrogens with two attached hydrogens (primary N) is 1. The van der Waals surface area contributed by atoms with Gasteiger partial charge in [-0.1, -0.05) is 23.7 Å². The molecule has 0 radical (unpaired) electrons. The van der Waals surface area contributed by atoms with E-state index in [9.17, 15) is 0 Å². The SMILES string of the molecule is Cc1cc(Cl)c2nc(-c3cccc(N)c3C)[nH]c2c1. The molecule has 2 aromatic carbocycles. The number of nitrogens with one attached hydrogen (secondary N) is 1. The third-order valence-corrected chi connectivity index (χ3v) is 3.60. The minimum atomic E-state index is 0.666. The van der Waals surface area contributed by atoms with Crippen LogP contribution in [0.4, 0.5) is 5.69 Å². The summed E-state index contributed by atoms with van der Waals surface area (Å²) < 4.78 is 0. The van der Waals surface area contributed by atoms with Crippen LogP contribution in [0.1, 0.15) is 11.1 Å². The van der Waals surface area contributed by atoms with Gasteiger partial charge in [0.1, 0.15) is 11.3 Å². The van der Waals surface area contributed by atoms with Gasteiger partial charge >= 0.3 is 0 Å². The van der Waals surface area contributed by atoms with E-state index in [0.717, 1.165) is 39.2 Å². The molecule has 0 unspecified atom stereocenters. The van der Waals surface area contributed by atoms with Gasteiger partial charge in [0.15, 0.2) is 0 Å². The first-order valence-corrected chi connectivity index (χ1v) is 6.45. The average Bonchev–Trinajstić information content (AvgIpc) is 2.76. The Kier molecular flexibility index (Phi) is 2.72. The van der Waals surface area contributed by atoms with Gasteiger partial charge in [0, 0.05) is 11.3 Å². The van der Waals surface area contributed by atoms with Crippen molar-refractivity contribution in [2.24, 2.45) is 0 Å². The summed E-state index contributed by atoms with van der Waals surface area (Å²) in [5.41, 5.74) is 11.6. The van der Waals surface area contributed by atoms with E-state index in [1.54, 1.807) is 0 Å². The highest BCUT2D eigenvalue weighted by atomic mass is 35.5. The molecule has 3 N–H and O–H groups in total. The summed E-state index contributed by atoms with van der Waals surface area (Å²) >= 11 is 6.23.